The van der Waals surface area contributed by atoms with Gasteiger partial charge >= 0.3 is 6.09 Å². The third kappa shape index (κ3) is 3.58. The van der Waals surface area contributed by atoms with Crippen LogP contribution in [0.4, 0.5) is 4.79 Å². The van der Waals surface area contributed by atoms with Crippen LogP contribution < -0.4 is 0 Å². The van der Waals surface area contributed by atoms with Gasteiger partial charge in [-0.3, -0.25) is 4.79 Å². The molecule has 1 aliphatic heterocycles. The van der Waals surface area contributed by atoms with Gasteiger partial charge in [0.15, 0.2) is 5.82 Å². The minimum Gasteiger partial charge on any atom is -0.444 e. The zero-order valence-corrected chi connectivity index (χ0v) is 14.3. The molecule has 0 radical (unpaired) electrons. The number of likely N-dealkylation sites (tertiary alicyclic amines) is 1. The lowest BCUT2D eigenvalue weighted by atomic mass is 9.92. The number of para-hydroxylation sites is 2. The first kappa shape index (κ1) is 16.5. The molecule has 1 aliphatic rings. The zero-order valence-electron chi connectivity index (χ0n) is 14.3. The molecule has 3 rings (SSSR count). The quantitative estimate of drug-likeness (QED) is 0.857. The Balaban J connectivity index is 1.62. The van der Waals surface area contributed by atoms with E-state index in [0.29, 0.717) is 31.8 Å². The Morgan fingerprint density at radius 1 is 1.21 bits per heavy atom. The van der Waals surface area contributed by atoms with E-state index in [1.165, 1.54) is 0 Å². The number of H-pyrrole nitrogens is 1. The van der Waals surface area contributed by atoms with E-state index in [4.69, 9.17) is 4.74 Å². The maximum atomic E-state index is 12.6. The number of nitrogens with one attached hydrogen (secondary N) is 1. The van der Waals surface area contributed by atoms with Gasteiger partial charge in [-0.1, -0.05) is 12.1 Å². The summed E-state index contributed by atoms with van der Waals surface area (Å²) in [6.07, 6.45) is 0.960. The van der Waals surface area contributed by atoms with Crippen molar-refractivity contribution in [2.75, 3.05) is 13.1 Å². The molecule has 1 saturated heterocycles. The molecule has 1 amide bonds. The fraction of sp³-hybridized carbons (Fsp3) is 0.500. The maximum absolute atomic E-state index is 12.6. The molecular formula is C18H23N3O3. The number of benzene rings is 1. The summed E-state index contributed by atoms with van der Waals surface area (Å²) in [6.45, 7) is 6.62. The third-order valence-corrected chi connectivity index (χ3v) is 4.14. The molecule has 0 unspecified atom stereocenters. The molecule has 1 N–H and O–H groups in total. The van der Waals surface area contributed by atoms with Crippen LogP contribution in [0.5, 0.6) is 0 Å². The second-order valence-electron chi connectivity index (χ2n) is 7.21. The number of amides is 1. The van der Waals surface area contributed by atoms with Gasteiger partial charge in [0.05, 0.1) is 11.0 Å². The highest BCUT2D eigenvalue weighted by Crippen LogP contribution is 2.23. The van der Waals surface area contributed by atoms with Crippen molar-refractivity contribution in [3.8, 4) is 0 Å². The van der Waals surface area contributed by atoms with Crippen molar-refractivity contribution in [3.63, 3.8) is 0 Å². The molecule has 0 atom stereocenters. The number of hydrogen-bond acceptors (Lipinski definition) is 4. The number of hydrogen-bond donors (Lipinski definition) is 1. The molecule has 128 valence electrons. The van der Waals surface area contributed by atoms with Crippen LogP contribution in [0.1, 0.15) is 44.2 Å². The fourth-order valence-electron chi connectivity index (χ4n) is 2.91. The van der Waals surface area contributed by atoms with E-state index in [9.17, 15) is 9.59 Å². The van der Waals surface area contributed by atoms with E-state index in [1.807, 2.05) is 45.0 Å². The number of fused-ring (bicyclic) bond motifs is 1. The smallest absolute Gasteiger partial charge is 0.410 e. The summed E-state index contributed by atoms with van der Waals surface area (Å²) in [5.41, 5.74) is 1.16. The minimum atomic E-state index is -0.502. The molecule has 0 aliphatic carbocycles. The number of carbonyl (C=O) groups is 2. The molecule has 2 heterocycles. The Hall–Kier alpha value is -2.37. The molecule has 0 bridgehead atoms. The van der Waals surface area contributed by atoms with Gasteiger partial charge < -0.3 is 14.6 Å². The van der Waals surface area contributed by atoms with Gasteiger partial charge in [0, 0.05) is 19.0 Å². The number of ether oxygens (including phenoxy) is 1. The van der Waals surface area contributed by atoms with Crippen LogP contribution in [0.25, 0.3) is 11.0 Å². The van der Waals surface area contributed by atoms with Gasteiger partial charge in [0.2, 0.25) is 5.78 Å². The first-order valence-corrected chi connectivity index (χ1v) is 8.30. The van der Waals surface area contributed by atoms with E-state index < -0.39 is 5.60 Å². The summed E-state index contributed by atoms with van der Waals surface area (Å²) in [5, 5.41) is 0. The summed E-state index contributed by atoms with van der Waals surface area (Å²) in [6, 6.07) is 7.60. The van der Waals surface area contributed by atoms with Crippen LogP contribution in [0.2, 0.25) is 0 Å². The Morgan fingerprint density at radius 3 is 2.50 bits per heavy atom. The summed E-state index contributed by atoms with van der Waals surface area (Å²) < 4.78 is 5.38. The van der Waals surface area contributed by atoms with Gasteiger partial charge in [-0.2, -0.15) is 0 Å². The standard InChI is InChI=1S/C18H23N3O3/c1-18(2,3)24-17(23)21-10-8-12(9-11-21)15(22)16-19-13-6-4-5-7-14(13)20-16/h4-7,12H,8-11H2,1-3H3,(H,19,20). The predicted molar refractivity (Wildman–Crippen MR) is 91.0 cm³/mol. The molecular weight excluding hydrogens is 306 g/mol. The number of aromatic nitrogens is 2. The number of nitrogens with zero attached hydrogens (tertiary/aromatic N) is 2. The molecule has 24 heavy (non-hydrogen) atoms. The van der Waals surface area contributed by atoms with Gasteiger partial charge in [-0.15, -0.1) is 0 Å². The molecule has 1 aromatic carbocycles. The number of carbonyl (C=O) groups excluding carboxylic acids is 2. The first-order chi connectivity index (χ1) is 11.3. The highest BCUT2D eigenvalue weighted by atomic mass is 16.6. The summed E-state index contributed by atoms with van der Waals surface area (Å²) in [4.78, 5) is 33.9. The number of imidazole rings is 1. The monoisotopic (exact) mass is 329 g/mol. The van der Waals surface area contributed by atoms with Crippen molar-refractivity contribution in [3.05, 3.63) is 30.1 Å². The zero-order chi connectivity index (χ0) is 17.3. The van der Waals surface area contributed by atoms with E-state index in [-0.39, 0.29) is 17.8 Å². The summed E-state index contributed by atoms with van der Waals surface area (Å²) in [5.74, 6) is 0.325. The SMILES string of the molecule is CC(C)(C)OC(=O)N1CCC(C(=O)c2nc3ccccc3[nH]2)CC1. The van der Waals surface area contributed by atoms with Gasteiger partial charge in [-0.05, 0) is 45.7 Å². The van der Waals surface area contributed by atoms with E-state index in [0.717, 1.165) is 11.0 Å². The molecule has 2 aromatic rings. The number of Topliss-reactive ketones (excluding diaryl/α,β-unsaturated/α-hetero) is 1. The Kier molecular flexibility index (Phi) is 4.30. The van der Waals surface area contributed by atoms with Gasteiger partial charge in [0.25, 0.3) is 0 Å². The van der Waals surface area contributed by atoms with Crippen LogP contribution >= 0.6 is 0 Å². The van der Waals surface area contributed by atoms with Gasteiger partial charge in [0.1, 0.15) is 5.60 Å². The molecule has 0 spiro atoms. The molecule has 0 saturated carbocycles. The van der Waals surface area contributed by atoms with E-state index in [2.05, 4.69) is 9.97 Å². The molecule has 1 aromatic heterocycles. The maximum Gasteiger partial charge on any atom is 0.410 e. The average Bonchev–Trinajstić information content (AvgIpc) is 2.96. The van der Waals surface area contributed by atoms with Crippen molar-refractivity contribution < 1.29 is 14.3 Å². The van der Waals surface area contributed by atoms with E-state index >= 15 is 0 Å². The summed E-state index contributed by atoms with van der Waals surface area (Å²) in [7, 11) is 0. The number of aromatic amines is 1. The topological polar surface area (TPSA) is 75.3 Å². The van der Waals surface area contributed by atoms with Crippen LogP contribution in [0, 0.1) is 5.92 Å². The van der Waals surface area contributed by atoms with Crippen molar-refractivity contribution in [1.29, 1.82) is 0 Å². The van der Waals surface area contributed by atoms with Crippen LogP contribution in [0.3, 0.4) is 0 Å². The highest BCUT2D eigenvalue weighted by Gasteiger charge is 2.31. The first-order valence-electron chi connectivity index (χ1n) is 8.30. The number of rotatable bonds is 2. The van der Waals surface area contributed by atoms with Crippen molar-refractivity contribution in [1.82, 2.24) is 14.9 Å². The van der Waals surface area contributed by atoms with Crippen molar-refractivity contribution in [2.24, 2.45) is 5.92 Å². The second-order valence-corrected chi connectivity index (χ2v) is 7.21. The normalized spacial score (nSPS) is 16.4. The van der Waals surface area contributed by atoms with Crippen LogP contribution in [0.15, 0.2) is 24.3 Å². The van der Waals surface area contributed by atoms with Gasteiger partial charge in [-0.25, -0.2) is 9.78 Å². The number of piperidine rings is 1. The minimum absolute atomic E-state index is 0.0232. The fourth-order valence-corrected chi connectivity index (χ4v) is 2.91. The molecule has 6 nitrogen and oxygen atoms in total. The Labute approximate surface area is 141 Å². The largest absolute Gasteiger partial charge is 0.444 e. The summed E-state index contributed by atoms with van der Waals surface area (Å²) >= 11 is 0. The molecule has 6 heteroatoms. The van der Waals surface area contributed by atoms with Crippen LogP contribution in [-0.4, -0.2) is 45.4 Å². The third-order valence-electron chi connectivity index (χ3n) is 4.14. The lowest BCUT2D eigenvalue weighted by Gasteiger charge is -2.32. The lowest BCUT2D eigenvalue weighted by Crippen LogP contribution is -2.43. The predicted octanol–water partition coefficient (Wildman–Crippen LogP) is 3.39. The van der Waals surface area contributed by atoms with Crippen molar-refractivity contribution in [2.45, 2.75) is 39.2 Å². The molecule has 1 fully saturated rings. The highest BCUT2D eigenvalue weighted by molar-refractivity contribution is 5.97. The van der Waals surface area contributed by atoms with Crippen molar-refractivity contribution >= 4 is 22.9 Å². The second kappa shape index (κ2) is 6.26. The number of ketones is 1. The van der Waals surface area contributed by atoms with Crippen LogP contribution in [-0.2, 0) is 4.74 Å². The average molecular weight is 329 g/mol. The lowest BCUT2D eigenvalue weighted by molar-refractivity contribution is 0.0182. The Morgan fingerprint density at radius 2 is 1.88 bits per heavy atom. The van der Waals surface area contributed by atoms with E-state index in [1.54, 1.807) is 4.90 Å². The Bertz CT molecular complexity index is 719.